The molecule has 1 aliphatic rings. The maximum Gasteiger partial charge on any atom is 0.293 e. The molecule has 2 aromatic rings. The highest BCUT2D eigenvalue weighted by atomic mass is 32.1. The number of nitrogens with zero attached hydrogens (tertiary/aromatic N) is 2. The number of piperidine rings is 1. The molecule has 0 atom stereocenters. The van der Waals surface area contributed by atoms with Gasteiger partial charge < -0.3 is 15.3 Å². The zero-order valence-corrected chi connectivity index (χ0v) is 15.9. The first-order chi connectivity index (χ1) is 13.5. The molecule has 8 nitrogen and oxygen atoms in total. The Balaban J connectivity index is 1.74. The van der Waals surface area contributed by atoms with Crippen molar-refractivity contribution in [3.8, 4) is 5.75 Å². The van der Waals surface area contributed by atoms with Crippen molar-refractivity contribution in [3.05, 3.63) is 58.1 Å². The van der Waals surface area contributed by atoms with Crippen LogP contribution in [0, 0.1) is 10.1 Å². The smallest absolute Gasteiger partial charge is 0.293 e. The van der Waals surface area contributed by atoms with Crippen LogP contribution in [-0.2, 0) is 0 Å². The summed E-state index contributed by atoms with van der Waals surface area (Å²) < 4.78 is 0. The molecule has 1 saturated heterocycles. The molecule has 146 valence electrons. The number of thiocarbonyl (C=S) groups is 1. The van der Waals surface area contributed by atoms with Crippen molar-refractivity contribution < 1.29 is 14.8 Å². The third-order valence-electron chi connectivity index (χ3n) is 4.51. The molecule has 1 heterocycles. The number of hydrogen-bond donors (Lipinski definition) is 3. The summed E-state index contributed by atoms with van der Waals surface area (Å²) in [7, 11) is 0. The number of phenols is 1. The number of rotatable bonds is 4. The Morgan fingerprint density at radius 2 is 1.86 bits per heavy atom. The fourth-order valence-electron chi connectivity index (χ4n) is 3.12. The van der Waals surface area contributed by atoms with Crippen LogP contribution in [0.3, 0.4) is 0 Å². The van der Waals surface area contributed by atoms with Gasteiger partial charge in [-0.25, -0.2) is 0 Å². The van der Waals surface area contributed by atoms with Gasteiger partial charge in [0.05, 0.1) is 10.6 Å². The van der Waals surface area contributed by atoms with E-state index in [2.05, 4.69) is 10.6 Å². The first-order valence-corrected chi connectivity index (χ1v) is 9.30. The number of nitrogens with one attached hydrogen (secondary N) is 2. The predicted octanol–water partition coefficient (Wildman–Crippen LogP) is 3.42. The first-order valence-electron chi connectivity index (χ1n) is 8.89. The van der Waals surface area contributed by atoms with E-state index in [4.69, 9.17) is 12.2 Å². The summed E-state index contributed by atoms with van der Waals surface area (Å²) in [6.07, 6.45) is 3.10. The number of amides is 1. The third kappa shape index (κ3) is 4.55. The lowest BCUT2D eigenvalue weighted by molar-refractivity contribution is -0.384. The molecular formula is C19H20N4O4S. The number of hydrogen-bond acceptors (Lipinski definition) is 6. The Morgan fingerprint density at radius 1 is 1.14 bits per heavy atom. The van der Waals surface area contributed by atoms with Crippen LogP contribution in [0.25, 0.3) is 0 Å². The summed E-state index contributed by atoms with van der Waals surface area (Å²) in [5, 5.41) is 26.4. The molecule has 0 saturated carbocycles. The molecule has 0 bridgehead atoms. The number of aromatic hydroxyl groups is 1. The van der Waals surface area contributed by atoms with E-state index in [0.717, 1.165) is 32.4 Å². The van der Waals surface area contributed by atoms with Gasteiger partial charge in [0.15, 0.2) is 5.11 Å². The molecule has 1 fully saturated rings. The minimum atomic E-state index is -0.568. The van der Waals surface area contributed by atoms with Crippen molar-refractivity contribution in [1.82, 2.24) is 5.32 Å². The number of nitro benzene ring substituents is 1. The summed E-state index contributed by atoms with van der Waals surface area (Å²) in [6.45, 7) is 1.53. The second kappa shape index (κ2) is 8.66. The average Bonchev–Trinajstić information content (AvgIpc) is 2.70. The summed E-state index contributed by atoms with van der Waals surface area (Å²) >= 11 is 5.09. The monoisotopic (exact) mass is 400 g/mol. The minimum Gasteiger partial charge on any atom is -0.506 e. The van der Waals surface area contributed by atoms with Crippen LogP contribution in [-0.4, -0.2) is 34.1 Å². The lowest BCUT2D eigenvalue weighted by atomic mass is 10.1. The number of benzene rings is 2. The van der Waals surface area contributed by atoms with E-state index < -0.39 is 10.8 Å². The van der Waals surface area contributed by atoms with Crippen LogP contribution < -0.4 is 15.5 Å². The topological polar surface area (TPSA) is 108 Å². The third-order valence-corrected chi connectivity index (χ3v) is 4.71. The Kier molecular flexibility index (Phi) is 6.05. The van der Waals surface area contributed by atoms with Crippen LogP contribution in [0.15, 0.2) is 42.5 Å². The Labute approximate surface area is 167 Å². The van der Waals surface area contributed by atoms with Gasteiger partial charge in [-0.1, -0.05) is 12.1 Å². The Bertz CT molecular complexity index is 913. The van der Waals surface area contributed by atoms with Crippen molar-refractivity contribution in [2.75, 3.05) is 23.3 Å². The largest absolute Gasteiger partial charge is 0.506 e. The summed E-state index contributed by atoms with van der Waals surface area (Å²) in [4.78, 5) is 25.5. The van der Waals surface area contributed by atoms with Gasteiger partial charge >= 0.3 is 0 Å². The molecule has 3 rings (SSSR count). The second-order valence-electron chi connectivity index (χ2n) is 6.43. The number of nitro groups is 1. The number of anilines is 2. The van der Waals surface area contributed by atoms with Crippen LogP contribution >= 0.6 is 12.2 Å². The van der Waals surface area contributed by atoms with Gasteiger partial charge in [0.1, 0.15) is 11.4 Å². The van der Waals surface area contributed by atoms with E-state index >= 15 is 0 Å². The molecule has 9 heteroatoms. The van der Waals surface area contributed by atoms with Crippen LogP contribution in [0.1, 0.15) is 29.6 Å². The molecule has 0 radical (unpaired) electrons. The molecule has 0 spiro atoms. The lowest BCUT2D eigenvalue weighted by Crippen LogP contribution is -2.34. The van der Waals surface area contributed by atoms with Crippen LogP contribution in [0.2, 0.25) is 0 Å². The molecule has 1 amide bonds. The lowest BCUT2D eigenvalue weighted by Gasteiger charge is -2.28. The Hall–Kier alpha value is -3.20. The van der Waals surface area contributed by atoms with Crippen molar-refractivity contribution in [2.45, 2.75) is 19.3 Å². The summed E-state index contributed by atoms with van der Waals surface area (Å²) in [6, 6.07) is 10.9. The highest BCUT2D eigenvalue weighted by Crippen LogP contribution is 2.31. The molecule has 3 N–H and O–H groups in total. The van der Waals surface area contributed by atoms with E-state index in [-0.39, 0.29) is 22.1 Å². The summed E-state index contributed by atoms with van der Waals surface area (Å²) in [5.41, 5.74) is 0.901. The number of para-hydroxylation sites is 2. The average molecular weight is 400 g/mol. The molecule has 0 unspecified atom stereocenters. The van der Waals surface area contributed by atoms with E-state index in [1.54, 1.807) is 30.3 Å². The van der Waals surface area contributed by atoms with Gasteiger partial charge in [0, 0.05) is 24.7 Å². The predicted molar refractivity (Wildman–Crippen MR) is 111 cm³/mol. The summed E-state index contributed by atoms with van der Waals surface area (Å²) in [5.74, 6) is -0.582. The fraction of sp³-hybridized carbons (Fsp3) is 0.263. The zero-order valence-electron chi connectivity index (χ0n) is 15.1. The molecule has 28 heavy (non-hydrogen) atoms. The SMILES string of the molecule is O=C(NC(=S)Nc1ccccc1O)c1ccc(N2CCCCC2)c([N+](=O)[O-])c1. The van der Waals surface area contributed by atoms with Crippen molar-refractivity contribution >= 4 is 40.3 Å². The Morgan fingerprint density at radius 3 is 2.54 bits per heavy atom. The maximum atomic E-state index is 12.5. The standard InChI is InChI=1S/C19H20N4O4S/c24-17-7-3-2-6-14(17)20-19(28)21-18(25)13-8-9-15(16(12-13)23(26)27)22-10-4-1-5-11-22/h2-3,6-9,12,24H,1,4-5,10-11H2,(H2,20,21,25,28). The molecule has 1 aliphatic heterocycles. The van der Waals surface area contributed by atoms with Crippen molar-refractivity contribution in [3.63, 3.8) is 0 Å². The first kappa shape index (κ1) is 19.6. The fourth-order valence-corrected chi connectivity index (χ4v) is 3.32. The van der Waals surface area contributed by atoms with Gasteiger partial charge in [-0.15, -0.1) is 0 Å². The van der Waals surface area contributed by atoms with Gasteiger partial charge in [0.2, 0.25) is 0 Å². The number of carbonyl (C=O) groups excluding carboxylic acids is 1. The van der Waals surface area contributed by atoms with Gasteiger partial charge in [0.25, 0.3) is 11.6 Å². The van der Waals surface area contributed by atoms with Gasteiger partial charge in [-0.3, -0.25) is 20.2 Å². The van der Waals surface area contributed by atoms with E-state index in [9.17, 15) is 20.0 Å². The number of carbonyl (C=O) groups is 1. The van der Waals surface area contributed by atoms with Crippen molar-refractivity contribution in [2.24, 2.45) is 0 Å². The van der Waals surface area contributed by atoms with Gasteiger partial charge in [-0.05, 0) is 55.7 Å². The van der Waals surface area contributed by atoms with Crippen LogP contribution in [0.5, 0.6) is 5.75 Å². The highest BCUT2D eigenvalue weighted by Gasteiger charge is 2.23. The van der Waals surface area contributed by atoms with Gasteiger partial charge in [-0.2, -0.15) is 0 Å². The molecule has 0 aromatic heterocycles. The maximum absolute atomic E-state index is 12.5. The molecule has 2 aromatic carbocycles. The van der Waals surface area contributed by atoms with E-state index in [1.807, 2.05) is 4.90 Å². The highest BCUT2D eigenvalue weighted by molar-refractivity contribution is 7.80. The zero-order chi connectivity index (χ0) is 20.1. The number of phenolic OH excluding ortho intramolecular Hbond substituents is 1. The molecular weight excluding hydrogens is 380 g/mol. The quantitative estimate of drug-likeness (QED) is 0.312. The molecule has 0 aliphatic carbocycles. The van der Waals surface area contributed by atoms with Crippen LogP contribution in [0.4, 0.5) is 17.1 Å². The van der Waals surface area contributed by atoms with E-state index in [0.29, 0.717) is 11.4 Å². The minimum absolute atomic E-state index is 0.0133. The second-order valence-corrected chi connectivity index (χ2v) is 6.84. The normalized spacial score (nSPS) is 13.6. The van der Waals surface area contributed by atoms with Crippen molar-refractivity contribution in [1.29, 1.82) is 0 Å². The van der Waals surface area contributed by atoms with E-state index in [1.165, 1.54) is 12.1 Å².